The Labute approximate surface area is 130 Å². The van der Waals surface area contributed by atoms with E-state index in [9.17, 15) is 9.90 Å². The molecule has 1 aromatic rings. The van der Waals surface area contributed by atoms with Crippen LogP contribution in [0.2, 0.25) is 5.02 Å². The maximum absolute atomic E-state index is 12.0. The summed E-state index contributed by atoms with van der Waals surface area (Å²) in [4.78, 5) is 13.7. The summed E-state index contributed by atoms with van der Waals surface area (Å²) in [5, 5.41) is 9.91. The van der Waals surface area contributed by atoms with Crippen LogP contribution in [0.5, 0.6) is 5.75 Å². The summed E-state index contributed by atoms with van der Waals surface area (Å²) in [5.41, 5.74) is 1.50. The van der Waals surface area contributed by atoms with Gasteiger partial charge in [0.25, 0.3) is 0 Å². The number of nitrogens with zero attached hydrogens (tertiary/aromatic N) is 1. The number of phenolic OH excluding ortho intramolecular Hbond substituents is 1. The highest BCUT2D eigenvalue weighted by Crippen LogP contribution is 2.31. The third-order valence-electron chi connectivity index (χ3n) is 3.16. The fourth-order valence-electron chi connectivity index (χ4n) is 2.17. The first-order valence-corrected chi connectivity index (χ1v) is 7.30. The number of amides is 1. The minimum absolute atomic E-state index is 0.149. The van der Waals surface area contributed by atoms with Crippen LogP contribution in [0.3, 0.4) is 0 Å². The Morgan fingerprint density at radius 1 is 1.38 bits per heavy atom. The second-order valence-electron chi connectivity index (χ2n) is 6.07. The van der Waals surface area contributed by atoms with E-state index in [0.717, 1.165) is 11.1 Å². The zero-order valence-corrected chi connectivity index (χ0v) is 13.3. The van der Waals surface area contributed by atoms with E-state index < -0.39 is 5.60 Å². The van der Waals surface area contributed by atoms with Gasteiger partial charge in [-0.25, -0.2) is 4.79 Å². The van der Waals surface area contributed by atoms with Crippen molar-refractivity contribution in [1.82, 2.24) is 4.90 Å². The number of ether oxygens (including phenoxy) is 1. The molecule has 0 fully saturated rings. The Balaban J connectivity index is 2.07. The molecule has 0 atom stereocenters. The Morgan fingerprint density at radius 3 is 2.62 bits per heavy atom. The van der Waals surface area contributed by atoms with E-state index in [0.29, 0.717) is 24.5 Å². The van der Waals surface area contributed by atoms with Crippen molar-refractivity contribution in [1.29, 1.82) is 0 Å². The Kier molecular flexibility index (Phi) is 4.47. The van der Waals surface area contributed by atoms with Gasteiger partial charge in [-0.15, -0.1) is 0 Å². The quantitative estimate of drug-likeness (QED) is 0.850. The first-order chi connectivity index (χ1) is 9.76. The second kappa shape index (κ2) is 5.98. The van der Waals surface area contributed by atoms with Crippen LogP contribution in [0, 0.1) is 0 Å². The van der Waals surface area contributed by atoms with Gasteiger partial charge in [-0.1, -0.05) is 17.7 Å². The zero-order chi connectivity index (χ0) is 15.6. The van der Waals surface area contributed by atoms with Crippen molar-refractivity contribution in [2.45, 2.75) is 32.8 Å². The van der Waals surface area contributed by atoms with Crippen LogP contribution in [0.25, 0.3) is 5.57 Å². The molecule has 4 nitrogen and oxygen atoms in total. The number of carbonyl (C=O) groups excluding carboxylic acids is 1. The van der Waals surface area contributed by atoms with Gasteiger partial charge < -0.3 is 14.7 Å². The minimum atomic E-state index is -0.485. The highest BCUT2D eigenvalue weighted by atomic mass is 35.5. The molecular weight excluding hydrogens is 290 g/mol. The van der Waals surface area contributed by atoms with E-state index >= 15 is 0 Å². The monoisotopic (exact) mass is 309 g/mol. The van der Waals surface area contributed by atoms with E-state index in [-0.39, 0.29) is 11.8 Å². The van der Waals surface area contributed by atoms with Crippen LogP contribution < -0.4 is 0 Å². The molecule has 0 unspecified atom stereocenters. The second-order valence-corrected chi connectivity index (χ2v) is 6.48. The molecule has 1 amide bonds. The lowest BCUT2D eigenvalue weighted by molar-refractivity contribution is 0.0270. The number of hydrogen-bond acceptors (Lipinski definition) is 3. The molecule has 5 heteroatoms. The van der Waals surface area contributed by atoms with Crippen LogP contribution in [-0.4, -0.2) is 34.8 Å². The fourth-order valence-corrected chi connectivity index (χ4v) is 2.47. The van der Waals surface area contributed by atoms with Crippen LogP contribution in [0.1, 0.15) is 32.8 Å². The van der Waals surface area contributed by atoms with Crippen molar-refractivity contribution in [2.24, 2.45) is 0 Å². The SMILES string of the molecule is CC(C)(C)OC(=O)N1CC=C(c2ccc(O)cc2Cl)CC1. The molecule has 0 saturated heterocycles. The average Bonchev–Trinajstić information content (AvgIpc) is 2.37. The fraction of sp³-hybridized carbons (Fsp3) is 0.438. The average molecular weight is 310 g/mol. The maximum Gasteiger partial charge on any atom is 0.410 e. The first kappa shape index (κ1) is 15.7. The van der Waals surface area contributed by atoms with Gasteiger partial charge in [-0.2, -0.15) is 0 Å². The summed E-state index contributed by atoms with van der Waals surface area (Å²) < 4.78 is 5.36. The maximum atomic E-state index is 12.0. The lowest BCUT2D eigenvalue weighted by atomic mass is 9.99. The molecule has 0 aliphatic carbocycles. The predicted molar refractivity (Wildman–Crippen MR) is 83.5 cm³/mol. The van der Waals surface area contributed by atoms with Crippen LogP contribution in [-0.2, 0) is 4.74 Å². The van der Waals surface area contributed by atoms with Gasteiger partial charge in [0.05, 0.1) is 5.02 Å². The molecule has 1 aromatic carbocycles. The normalized spacial score (nSPS) is 15.6. The van der Waals surface area contributed by atoms with Crippen molar-refractivity contribution in [2.75, 3.05) is 13.1 Å². The standard InChI is InChI=1S/C16H20ClNO3/c1-16(2,3)21-15(20)18-8-6-11(7-9-18)13-5-4-12(19)10-14(13)17/h4-6,10,19H,7-9H2,1-3H3. The highest BCUT2D eigenvalue weighted by molar-refractivity contribution is 6.32. The Morgan fingerprint density at radius 2 is 2.10 bits per heavy atom. The highest BCUT2D eigenvalue weighted by Gasteiger charge is 2.24. The summed E-state index contributed by atoms with van der Waals surface area (Å²) in [5.74, 6) is 0.149. The molecular formula is C16H20ClNO3. The molecule has 2 rings (SSSR count). The van der Waals surface area contributed by atoms with Crippen molar-refractivity contribution >= 4 is 23.3 Å². The predicted octanol–water partition coefficient (Wildman–Crippen LogP) is 4.07. The molecule has 1 heterocycles. The summed E-state index contributed by atoms with van der Waals surface area (Å²) in [6.45, 7) is 6.66. The lowest BCUT2D eigenvalue weighted by Crippen LogP contribution is -2.39. The number of aromatic hydroxyl groups is 1. The number of carbonyl (C=O) groups is 1. The molecule has 0 aromatic heterocycles. The van der Waals surface area contributed by atoms with Crippen molar-refractivity contribution in [3.8, 4) is 5.75 Å². The molecule has 0 radical (unpaired) electrons. The molecule has 1 N–H and O–H groups in total. The summed E-state index contributed by atoms with van der Waals surface area (Å²) in [6.07, 6.45) is 2.39. The van der Waals surface area contributed by atoms with Gasteiger partial charge in [0.1, 0.15) is 11.4 Å². The number of rotatable bonds is 1. The van der Waals surface area contributed by atoms with Crippen molar-refractivity contribution < 1.29 is 14.6 Å². The molecule has 21 heavy (non-hydrogen) atoms. The first-order valence-electron chi connectivity index (χ1n) is 6.92. The minimum Gasteiger partial charge on any atom is -0.508 e. The smallest absolute Gasteiger partial charge is 0.410 e. The van der Waals surface area contributed by atoms with Gasteiger partial charge >= 0.3 is 6.09 Å². The van der Waals surface area contributed by atoms with Crippen LogP contribution in [0.4, 0.5) is 4.79 Å². The van der Waals surface area contributed by atoms with E-state index in [1.807, 2.05) is 26.8 Å². The summed E-state index contributed by atoms with van der Waals surface area (Å²) in [6, 6.07) is 4.94. The third kappa shape index (κ3) is 4.14. The topological polar surface area (TPSA) is 49.8 Å². The zero-order valence-electron chi connectivity index (χ0n) is 12.5. The van der Waals surface area contributed by atoms with Crippen LogP contribution >= 0.6 is 11.6 Å². The van der Waals surface area contributed by atoms with Crippen molar-refractivity contribution in [3.05, 3.63) is 34.9 Å². The molecule has 114 valence electrons. The van der Waals surface area contributed by atoms with Gasteiger partial charge in [0.15, 0.2) is 0 Å². The van der Waals surface area contributed by atoms with E-state index in [4.69, 9.17) is 16.3 Å². The van der Waals surface area contributed by atoms with E-state index in [2.05, 4.69) is 0 Å². The lowest BCUT2D eigenvalue weighted by Gasteiger charge is -2.29. The van der Waals surface area contributed by atoms with E-state index in [1.165, 1.54) is 6.07 Å². The van der Waals surface area contributed by atoms with Gasteiger partial charge in [-0.05, 0) is 56.5 Å². The van der Waals surface area contributed by atoms with Gasteiger partial charge in [-0.3, -0.25) is 0 Å². The largest absolute Gasteiger partial charge is 0.508 e. The number of phenols is 1. The Bertz CT molecular complexity index is 575. The molecule has 0 saturated carbocycles. The van der Waals surface area contributed by atoms with Crippen molar-refractivity contribution in [3.63, 3.8) is 0 Å². The van der Waals surface area contributed by atoms with Gasteiger partial charge in [0, 0.05) is 13.1 Å². The van der Waals surface area contributed by atoms with Gasteiger partial charge in [0.2, 0.25) is 0 Å². The Hall–Kier alpha value is -1.68. The third-order valence-corrected chi connectivity index (χ3v) is 3.47. The number of hydrogen-bond donors (Lipinski definition) is 1. The number of benzene rings is 1. The number of halogens is 1. The summed E-state index contributed by atoms with van der Waals surface area (Å²) >= 11 is 6.14. The molecule has 1 aliphatic rings. The van der Waals surface area contributed by atoms with Crippen LogP contribution in [0.15, 0.2) is 24.3 Å². The molecule has 1 aliphatic heterocycles. The summed E-state index contributed by atoms with van der Waals surface area (Å²) in [7, 11) is 0. The molecule has 0 bridgehead atoms. The molecule has 0 spiro atoms. The van der Waals surface area contributed by atoms with E-state index in [1.54, 1.807) is 17.0 Å².